The number of hydrogen-bond acceptors (Lipinski definition) is 7. The summed E-state index contributed by atoms with van der Waals surface area (Å²) in [6.45, 7) is 3.95. The van der Waals surface area contributed by atoms with Crippen molar-refractivity contribution in [2.75, 3.05) is 26.6 Å². The van der Waals surface area contributed by atoms with Gasteiger partial charge in [0.05, 0.1) is 37.6 Å². The lowest BCUT2D eigenvalue weighted by atomic mass is 9.77. The highest BCUT2D eigenvalue weighted by molar-refractivity contribution is 7.14. The Hall–Kier alpha value is -3.56. The number of amides is 1. The Morgan fingerprint density at radius 3 is 2.47 bits per heavy atom. The summed E-state index contributed by atoms with van der Waals surface area (Å²) in [7, 11) is 4.67. The van der Waals surface area contributed by atoms with Gasteiger partial charge in [0.2, 0.25) is 0 Å². The molecule has 2 aromatic carbocycles. The first-order chi connectivity index (χ1) is 20.7. The molecule has 2 heterocycles. The maximum absolute atomic E-state index is 13.4. The summed E-state index contributed by atoms with van der Waals surface area (Å²) in [6.07, 6.45) is 6.36. The average Bonchev–Trinajstić information content (AvgIpc) is 3.60. The molecule has 5 rings (SSSR count). The molecule has 0 radical (unpaired) electrons. The lowest BCUT2D eigenvalue weighted by Gasteiger charge is -2.30. The zero-order valence-electron chi connectivity index (χ0n) is 25.3. The van der Waals surface area contributed by atoms with Crippen molar-refractivity contribution in [2.45, 2.75) is 64.8 Å². The number of aryl methyl sites for hydroxylation is 3. The van der Waals surface area contributed by atoms with E-state index in [1.54, 1.807) is 18.8 Å². The molecule has 2 aromatic heterocycles. The van der Waals surface area contributed by atoms with Gasteiger partial charge in [-0.3, -0.25) is 14.9 Å². The minimum Gasteiger partial charge on any atom is -0.496 e. The van der Waals surface area contributed by atoms with Crippen molar-refractivity contribution in [3.05, 3.63) is 68.8 Å². The van der Waals surface area contributed by atoms with E-state index < -0.39 is 5.97 Å². The lowest BCUT2D eigenvalue weighted by molar-refractivity contribution is -0.141. The van der Waals surface area contributed by atoms with Crippen molar-refractivity contribution in [1.29, 1.82) is 0 Å². The van der Waals surface area contributed by atoms with Gasteiger partial charge in [-0.05, 0) is 88.0 Å². The number of fused-ring (bicyclic) bond motifs is 1. The van der Waals surface area contributed by atoms with Gasteiger partial charge in [-0.15, -0.1) is 11.3 Å². The number of hydrogen-bond donors (Lipinski definition) is 1. The number of aromatic nitrogens is 2. The number of carbonyl (C=O) groups is 2. The summed E-state index contributed by atoms with van der Waals surface area (Å²) in [5, 5.41) is 7.00. The first-order valence-electron chi connectivity index (χ1n) is 14.5. The molecule has 0 unspecified atom stereocenters. The van der Waals surface area contributed by atoms with Crippen molar-refractivity contribution >= 4 is 50.8 Å². The number of methoxy groups -OCH3 is 3. The predicted molar refractivity (Wildman–Crippen MR) is 171 cm³/mol. The smallest absolute Gasteiger partial charge is 0.325 e. The third-order valence-corrected chi connectivity index (χ3v) is 9.55. The van der Waals surface area contributed by atoms with Crippen LogP contribution in [-0.2, 0) is 22.5 Å². The molecule has 0 bridgehead atoms. The van der Waals surface area contributed by atoms with Crippen LogP contribution in [0.4, 0.5) is 5.13 Å². The zero-order valence-corrected chi connectivity index (χ0v) is 26.9. The highest BCUT2D eigenvalue weighted by Gasteiger charge is 2.26. The fraction of sp³-hybridized carbons (Fsp3) is 0.424. The largest absolute Gasteiger partial charge is 0.496 e. The number of esters is 1. The molecule has 1 fully saturated rings. The fourth-order valence-electron chi connectivity index (χ4n) is 6.32. The predicted octanol–water partition coefficient (Wildman–Crippen LogP) is 7.72. The minimum absolute atomic E-state index is 0.0453. The van der Waals surface area contributed by atoms with Gasteiger partial charge in [0.25, 0.3) is 5.91 Å². The Bertz CT molecular complexity index is 1640. The van der Waals surface area contributed by atoms with E-state index >= 15 is 0 Å². The average molecular weight is 624 g/mol. The summed E-state index contributed by atoms with van der Waals surface area (Å²) < 4.78 is 17.7. The van der Waals surface area contributed by atoms with E-state index in [9.17, 15) is 9.59 Å². The molecule has 10 heteroatoms. The van der Waals surface area contributed by atoms with Crippen LogP contribution in [-0.4, -0.2) is 42.8 Å². The number of ether oxygens (including phenoxy) is 3. The van der Waals surface area contributed by atoms with E-state index in [0.717, 1.165) is 77.6 Å². The van der Waals surface area contributed by atoms with Gasteiger partial charge in [0.1, 0.15) is 23.7 Å². The molecule has 0 atom stereocenters. The molecule has 1 amide bonds. The van der Waals surface area contributed by atoms with E-state index in [-0.39, 0.29) is 12.5 Å². The van der Waals surface area contributed by atoms with E-state index in [1.807, 2.05) is 49.6 Å². The quantitative estimate of drug-likeness (QED) is 0.182. The molecule has 0 saturated heterocycles. The fourth-order valence-corrected chi connectivity index (χ4v) is 7.29. The number of nitrogens with one attached hydrogen (secondary N) is 1. The highest BCUT2D eigenvalue weighted by atomic mass is 35.5. The molecular formula is C33H38ClN3O5S. The van der Waals surface area contributed by atoms with Crippen LogP contribution < -0.4 is 14.8 Å². The van der Waals surface area contributed by atoms with Gasteiger partial charge in [0.15, 0.2) is 5.13 Å². The van der Waals surface area contributed by atoms with Crippen LogP contribution in [0.25, 0.3) is 10.9 Å². The maximum atomic E-state index is 13.4. The molecule has 1 N–H and O–H groups in total. The van der Waals surface area contributed by atoms with Crippen LogP contribution in [0.2, 0.25) is 5.02 Å². The number of anilines is 1. The maximum Gasteiger partial charge on any atom is 0.325 e. The molecule has 4 aromatic rings. The second-order valence-corrected chi connectivity index (χ2v) is 12.6. The summed E-state index contributed by atoms with van der Waals surface area (Å²) in [5.74, 6) is 1.83. The molecular weight excluding hydrogens is 586 g/mol. The highest BCUT2D eigenvalue weighted by Crippen LogP contribution is 2.44. The Balaban J connectivity index is 1.20. The zero-order chi connectivity index (χ0) is 30.7. The van der Waals surface area contributed by atoms with Crippen molar-refractivity contribution in [1.82, 2.24) is 9.55 Å². The number of thiazole rings is 1. The Kier molecular flexibility index (Phi) is 9.62. The second-order valence-electron chi connectivity index (χ2n) is 11.3. The van der Waals surface area contributed by atoms with Gasteiger partial charge >= 0.3 is 5.97 Å². The summed E-state index contributed by atoms with van der Waals surface area (Å²) in [6, 6.07) is 9.76. The molecule has 1 aliphatic carbocycles. The molecule has 228 valence electrons. The van der Waals surface area contributed by atoms with Crippen LogP contribution >= 0.6 is 22.9 Å². The number of carbonyl (C=O) groups excluding carboxylic acids is 2. The van der Waals surface area contributed by atoms with Crippen LogP contribution in [0.3, 0.4) is 0 Å². The van der Waals surface area contributed by atoms with Crippen molar-refractivity contribution in [2.24, 2.45) is 5.92 Å². The van der Waals surface area contributed by atoms with Crippen LogP contribution in [0.15, 0.2) is 35.7 Å². The molecule has 8 nitrogen and oxygen atoms in total. The van der Waals surface area contributed by atoms with Gasteiger partial charge in [-0.25, -0.2) is 4.98 Å². The normalized spacial score (nSPS) is 16.7. The standard InChI is InChI=1S/C33H38ClN3O5S/c1-19-12-20(2)31-23(13-19)14-27(37(31)17-30(38)42-5)32(39)36-33-35-24(18-43-33)11-8-21-6-9-22(10-7-21)25-15-29(41-4)26(34)16-28(25)40-3/h12-16,18,21-22H,6-11,17H2,1-5H3,(H,35,36,39). The van der Waals surface area contributed by atoms with Crippen LogP contribution in [0.5, 0.6) is 11.5 Å². The molecule has 1 saturated carbocycles. The number of halogens is 1. The Morgan fingerprint density at radius 2 is 1.77 bits per heavy atom. The molecule has 43 heavy (non-hydrogen) atoms. The number of benzene rings is 2. The van der Waals surface area contributed by atoms with Gasteiger partial charge in [0, 0.05) is 22.4 Å². The summed E-state index contributed by atoms with van der Waals surface area (Å²) in [5.41, 5.74) is 5.48. The first kappa shape index (κ1) is 30.9. The second kappa shape index (κ2) is 13.4. The number of nitrogens with zero attached hydrogens (tertiary/aromatic N) is 2. The van der Waals surface area contributed by atoms with Crippen LogP contribution in [0.1, 0.15) is 70.9 Å². The Labute approximate surface area is 261 Å². The van der Waals surface area contributed by atoms with E-state index in [2.05, 4.69) is 5.32 Å². The van der Waals surface area contributed by atoms with Gasteiger partial charge in [-0.1, -0.05) is 23.2 Å². The summed E-state index contributed by atoms with van der Waals surface area (Å²) in [4.78, 5) is 30.3. The van der Waals surface area contributed by atoms with E-state index in [4.69, 9.17) is 30.8 Å². The molecule has 1 aliphatic rings. The van der Waals surface area contributed by atoms with Crippen molar-refractivity contribution in [3.63, 3.8) is 0 Å². The topological polar surface area (TPSA) is 91.7 Å². The van der Waals surface area contributed by atoms with Crippen LogP contribution in [0, 0.1) is 19.8 Å². The van der Waals surface area contributed by atoms with Gasteiger partial charge in [-0.2, -0.15) is 0 Å². The summed E-state index contributed by atoms with van der Waals surface area (Å²) >= 11 is 7.73. The van der Waals surface area contributed by atoms with Crippen molar-refractivity contribution in [3.8, 4) is 11.5 Å². The van der Waals surface area contributed by atoms with E-state index in [1.165, 1.54) is 18.4 Å². The first-order valence-corrected chi connectivity index (χ1v) is 15.8. The monoisotopic (exact) mass is 623 g/mol. The molecule has 0 spiro atoms. The Morgan fingerprint density at radius 1 is 1.02 bits per heavy atom. The third kappa shape index (κ3) is 6.83. The minimum atomic E-state index is -0.413. The lowest BCUT2D eigenvalue weighted by Crippen LogP contribution is -2.20. The molecule has 0 aliphatic heterocycles. The SMILES string of the molecule is COC(=O)Cn1c(C(=O)Nc2nc(CCC3CCC(c4cc(OC)c(Cl)cc4OC)CC3)cs2)cc2cc(C)cc(C)c21. The number of rotatable bonds is 10. The third-order valence-electron chi connectivity index (χ3n) is 8.45. The van der Waals surface area contributed by atoms with Gasteiger partial charge < -0.3 is 18.8 Å². The van der Waals surface area contributed by atoms with E-state index in [0.29, 0.717) is 33.4 Å². The van der Waals surface area contributed by atoms with Crippen molar-refractivity contribution < 1.29 is 23.8 Å².